The molecule has 6 heteroatoms. The second-order valence-corrected chi connectivity index (χ2v) is 7.34. The molecular formula is C22H27NO5. The summed E-state index contributed by atoms with van der Waals surface area (Å²) in [6, 6.07) is 7.78. The van der Waals surface area contributed by atoms with E-state index in [1.165, 1.54) is 0 Å². The third-order valence-electron chi connectivity index (χ3n) is 5.05. The fourth-order valence-electron chi connectivity index (χ4n) is 3.64. The first-order valence-electron chi connectivity index (χ1n) is 9.58. The van der Waals surface area contributed by atoms with Gasteiger partial charge in [-0.25, -0.2) is 4.79 Å². The molecule has 150 valence electrons. The number of aromatic nitrogens is 1. The summed E-state index contributed by atoms with van der Waals surface area (Å²) in [4.78, 5) is 28.3. The Morgan fingerprint density at radius 3 is 2.54 bits per heavy atom. The molecule has 2 aromatic rings. The van der Waals surface area contributed by atoms with E-state index in [1.54, 1.807) is 14.0 Å². The normalized spacial score (nSPS) is 16.2. The van der Waals surface area contributed by atoms with Crippen molar-refractivity contribution in [3.05, 3.63) is 52.3 Å². The third kappa shape index (κ3) is 4.28. The van der Waals surface area contributed by atoms with Crippen LogP contribution in [0.4, 0.5) is 0 Å². The molecule has 0 aliphatic heterocycles. The standard InChI is InChI=1S/C22H27NO5/c1-13(2)27-9-10-28-22(25)21-14(3)20-18(23-21)11-16(12-19(20)24)15-5-7-17(26-4)8-6-15/h5-8,13,16,23H,9-12H2,1-4H3/t16-/m0/s1. The molecule has 1 N–H and O–H groups in total. The average Bonchev–Trinajstić information content (AvgIpc) is 3.02. The summed E-state index contributed by atoms with van der Waals surface area (Å²) in [6.07, 6.45) is 1.19. The molecule has 6 nitrogen and oxygen atoms in total. The molecule has 0 unspecified atom stereocenters. The van der Waals surface area contributed by atoms with Crippen molar-refractivity contribution in [2.75, 3.05) is 20.3 Å². The van der Waals surface area contributed by atoms with Gasteiger partial charge in [-0.05, 0) is 56.4 Å². The van der Waals surface area contributed by atoms with Crippen molar-refractivity contribution in [3.8, 4) is 5.75 Å². The molecule has 1 aliphatic carbocycles. The number of nitrogens with one attached hydrogen (secondary N) is 1. The van der Waals surface area contributed by atoms with Gasteiger partial charge in [0.25, 0.3) is 0 Å². The maximum atomic E-state index is 12.8. The molecule has 0 spiro atoms. The monoisotopic (exact) mass is 385 g/mol. The van der Waals surface area contributed by atoms with Gasteiger partial charge in [0, 0.05) is 17.7 Å². The third-order valence-corrected chi connectivity index (χ3v) is 5.05. The van der Waals surface area contributed by atoms with E-state index < -0.39 is 5.97 Å². The summed E-state index contributed by atoms with van der Waals surface area (Å²) in [6.45, 7) is 6.18. The minimum atomic E-state index is -0.451. The van der Waals surface area contributed by atoms with Crippen LogP contribution in [-0.2, 0) is 15.9 Å². The number of methoxy groups -OCH3 is 1. The van der Waals surface area contributed by atoms with Crippen molar-refractivity contribution in [1.29, 1.82) is 0 Å². The topological polar surface area (TPSA) is 77.6 Å². The van der Waals surface area contributed by atoms with Crippen LogP contribution in [0.3, 0.4) is 0 Å². The molecule has 0 bridgehead atoms. The molecule has 0 saturated heterocycles. The Balaban J connectivity index is 1.74. The quantitative estimate of drug-likeness (QED) is 0.579. The fraction of sp³-hybridized carbons (Fsp3) is 0.455. The van der Waals surface area contributed by atoms with Gasteiger partial charge in [-0.15, -0.1) is 0 Å². The van der Waals surface area contributed by atoms with Crippen molar-refractivity contribution in [2.24, 2.45) is 0 Å². The number of benzene rings is 1. The Bertz CT molecular complexity index is 851. The van der Waals surface area contributed by atoms with Gasteiger partial charge in [0.2, 0.25) is 0 Å². The smallest absolute Gasteiger partial charge is 0.355 e. The predicted molar refractivity (Wildman–Crippen MR) is 105 cm³/mol. The minimum Gasteiger partial charge on any atom is -0.497 e. The van der Waals surface area contributed by atoms with Gasteiger partial charge < -0.3 is 19.2 Å². The highest BCUT2D eigenvalue weighted by Gasteiger charge is 2.32. The maximum absolute atomic E-state index is 12.8. The van der Waals surface area contributed by atoms with Crippen LogP contribution in [0, 0.1) is 6.92 Å². The molecule has 3 rings (SSSR count). The largest absolute Gasteiger partial charge is 0.497 e. The summed E-state index contributed by atoms with van der Waals surface area (Å²) in [5.74, 6) is 0.465. The highest BCUT2D eigenvalue weighted by Crippen LogP contribution is 2.35. The fourth-order valence-corrected chi connectivity index (χ4v) is 3.64. The lowest BCUT2D eigenvalue weighted by Crippen LogP contribution is -2.18. The van der Waals surface area contributed by atoms with E-state index in [4.69, 9.17) is 14.2 Å². The van der Waals surface area contributed by atoms with E-state index in [2.05, 4.69) is 4.98 Å². The minimum absolute atomic E-state index is 0.0537. The van der Waals surface area contributed by atoms with E-state index in [0.29, 0.717) is 36.3 Å². The van der Waals surface area contributed by atoms with E-state index in [1.807, 2.05) is 38.1 Å². The van der Waals surface area contributed by atoms with Gasteiger partial charge in [-0.3, -0.25) is 4.79 Å². The number of carbonyl (C=O) groups excluding carboxylic acids is 2. The molecule has 1 atom stereocenters. The van der Waals surface area contributed by atoms with Crippen molar-refractivity contribution in [1.82, 2.24) is 4.98 Å². The Kier molecular flexibility index (Phi) is 6.19. The molecule has 0 amide bonds. The Morgan fingerprint density at radius 2 is 1.89 bits per heavy atom. The van der Waals surface area contributed by atoms with Crippen LogP contribution in [0.2, 0.25) is 0 Å². The van der Waals surface area contributed by atoms with Crippen LogP contribution in [0.1, 0.15) is 63.9 Å². The number of ketones is 1. The van der Waals surface area contributed by atoms with Gasteiger partial charge in [0.15, 0.2) is 5.78 Å². The highest BCUT2D eigenvalue weighted by atomic mass is 16.6. The van der Waals surface area contributed by atoms with E-state index >= 15 is 0 Å². The van der Waals surface area contributed by atoms with Crippen LogP contribution >= 0.6 is 0 Å². The zero-order valence-corrected chi connectivity index (χ0v) is 16.8. The first-order valence-corrected chi connectivity index (χ1v) is 9.58. The summed E-state index contributed by atoms with van der Waals surface area (Å²) < 4.78 is 15.9. The second kappa shape index (κ2) is 8.61. The number of H-pyrrole nitrogens is 1. The number of Topliss-reactive ketones (excluding diaryl/α,β-unsaturated/α-hetero) is 1. The molecule has 1 aromatic heterocycles. The van der Waals surface area contributed by atoms with E-state index in [-0.39, 0.29) is 24.4 Å². The molecule has 0 saturated carbocycles. The zero-order valence-electron chi connectivity index (χ0n) is 16.8. The number of ether oxygens (including phenoxy) is 3. The van der Waals surface area contributed by atoms with Crippen LogP contribution in [0.15, 0.2) is 24.3 Å². The molecule has 1 aromatic carbocycles. The lowest BCUT2D eigenvalue weighted by Gasteiger charge is -2.22. The number of hydrogen-bond donors (Lipinski definition) is 1. The number of esters is 1. The van der Waals surface area contributed by atoms with Crippen molar-refractivity contribution in [2.45, 2.75) is 45.6 Å². The van der Waals surface area contributed by atoms with Gasteiger partial charge in [-0.2, -0.15) is 0 Å². The summed E-state index contributed by atoms with van der Waals surface area (Å²) >= 11 is 0. The predicted octanol–water partition coefficient (Wildman–Crippen LogP) is 3.83. The summed E-state index contributed by atoms with van der Waals surface area (Å²) in [5, 5.41) is 0. The zero-order chi connectivity index (χ0) is 20.3. The van der Waals surface area contributed by atoms with Gasteiger partial charge >= 0.3 is 5.97 Å². The van der Waals surface area contributed by atoms with Crippen LogP contribution in [0.5, 0.6) is 5.75 Å². The first kappa shape index (κ1) is 20.1. The lowest BCUT2D eigenvalue weighted by atomic mass is 9.81. The van der Waals surface area contributed by atoms with Gasteiger partial charge in [0.1, 0.15) is 18.1 Å². The van der Waals surface area contributed by atoms with Crippen LogP contribution in [-0.4, -0.2) is 43.2 Å². The van der Waals surface area contributed by atoms with Gasteiger partial charge in [0.05, 0.1) is 19.8 Å². The molecule has 1 aliphatic rings. The van der Waals surface area contributed by atoms with E-state index in [9.17, 15) is 9.59 Å². The molecular weight excluding hydrogens is 358 g/mol. The first-order chi connectivity index (χ1) is 13.4. The SMILES string of the molecule is COc1ccc([C@@H]2CC(=O)c3c([nH]c(C(=O)OCCOC(C)C)c3C)C2)cc1. The molecule has 1 heterocycles. The summed E-state index contributed by atoms with van der Waals surface area (Å²) in [7, 11) is 1.63. The average molecular weight is 385 g/mol. The number of carbonyl (C=O) groups is 2. The maximum Gasteiger partial charge on any atom is 0.355 e. The van der Waals surface area contributed by atoms with Crippen molar-refractivity contribution >= 4 is 11.8 Å². The Hall–Kier alpha value is -2.60. The highest BCUT2D eigenvalue weighted by molar-refractivity contribution is 6.03. The molecule has 0 radical (unpaired) electrons. The van der Waals surface area contributed by atoms with Crippen molar-refractivity contribution in [3.63, 3.8) is 0 Å². The number of rotatable bonds is 7. The Morgan fingerprint density at radius 1 is 1.18 bits per heavy atom. The number of fused-ring (bicyclic) bond motifs is 1. The van der Waals surface area contributed by atoms with Crippen LogP contribution in [0.25, 0.3) is 0 Å². The van der Waals surface area contributed by atoms with Crippen molar-refractivity contribution < 1.29 is 23.8 Å². The van der Waals surface area contributed by atoms with Crippen LogP contribution < -0.4 is 4.74 Å². The molecule has 0 fully saturated rings. The second-order valence-electron chi connectivity index (χ2n) is 7.34. The van der Waals surface area contributed by atoms with E-state index in [0.717, 1.165) is 17.0 Å². The Labute approximate surface area is 165 Å². The lowest BCUT2D eigenvalue weighted by molar-refractivity contribution is 0.0172. The number of hydrogen-bond acceptors (Lipinski definition) is 5. The number of aromatic amines is 1. The summed E-state index contributed by atoms with van der Waals surface area (Å²) in [5.41, 5.74) is 3.55. The molecule has 28 heavy (non-hydrogen) atoms. The van der Waals surface area contributed by atoms with Gasteiger partial charge in [-0.1, -0.05) is 12.1 Å².